The topological polar surface area (TPSA) is 56.3 Å². The molecule has 1 aromatic heterocycles. The first kappa shape index (κ1) is 12.2. The Morgan fingerprint density at radius 1 is 1.47 bits per heavy atom. The summed E-state index contributed by atoms with van der Waals surface area (Å²) in [6, 6.07) is 8.27. The van der Waals surface area contributed by atoms with Gasteiger partial charge in [0.15, 0.2) is 0 Å². The zero-order chi connectivity index (χ0) is 13.4. The summed E-state index contributed by atoms with van der Waals surface area (Å²) >= 11 is 0. The maximum Gasteiger partial charge on any atom is 0.307 e. The van der Waals surface area contributed by atoms with Crippen molar-refractivity contribution in [2.75, 3.05) is 13.1 Å². The second kappa shape index (κ2) is 4.70. The number of para-hydroxylation sites is 1. The smallest absolute Gasteiger partial charge is 0.307 e. The summed E-state index contributed by atoms with van der Waals surface area (Å²) < 4.78 is 0. The van der Waals surface area contributed by atoms with Gasteiger partial charge in [0.2, 0.25) is 0 Å². The van der Waals surface area contributed by atoms with Gasteiger partial charge in [-0.25, -0.2) is 0 Å². The third-order valence-corrected chi connectivity index (χ3v) is 4.03. The van der Waals surface area contributed by atoms with Crippen molar-refractivity contribution in [3.63, 3.8) is 0 Å². The lowest BCUT2D eigenvalue weighted by molar-refractivity contribution is -0.141. The highest BCUT2D eigenvalue weighted by molar-refractivity contribution is 5.84. The zero-order valence-corrected chi connectivity index (χ0v) is 11.0. The van der Waals surface area contributed by atoms with Gasteiger partial charge in [-0.05, 0) is 31.5 Å². The quantitative estimate of drug-likeness (QED) is 0.888. The Morgan fingerprint density at radius 2 is 2.26 bits per heavy atom. The molecule has 1 atom stereocenters. The summed E-state index contributed by atoms with van der Waals surface area (Å²) in [7, 11) is 0. The van der Waals surface area contributed by atoms with E-state index >= 15 is 0 Å². The van der Waals surface area contributed by atoms with Crippen LogP contribution in [0.15, 0.2) is 24.3 Å². The molecule has 1 fully saturated rings. The van der Waals surface area contributed by atoms with Crippen LogP contribution in [0.3, 0.4) is 0 Å². The lowest BCUT2D eigenvalue weighted by Crippen LogP contribution is -2.23. The van der Waals surface area contributed by atoms with Crippen LogP contribution in [-0.2, 0) is 11.3 Å². The maximum atomic E-state index is 11.0. The van der Waals surface area contributed by atoms with E-state index in [1.54, 1.807) is 0 Å². The number of hydrogen-bond donors (Lipinski definition) is 2. The van der Waals surface area contributed by atoms with Gasteiger partial charge in [0.05, 0.1) is 5.92 Å². The number of hydrogen-bond acceptors (Lipinski definition) is 2. The molecule has 1 aromatic carbocycles. The van der Waals surface area contributed by atoms with Gasteiger partial charge < -0.3 is 10.1 Å². The minimum Gasteiger partial charge on any atom is -0.481 e. The molecule has 3 rings (SSSR count). The highest BCUT2D eigenvalue weighted by Crippen LogP contribution is 2.26. The number of fused-ring (bicyclic) bond motifs is 1. The number of carbonyl (C=O) groups is 1. The molecule has 1 unspecified atom stereocenters. The van der Waals surface area contributed by atoms with Crippen molar-refractivity contribution in [3.05, 3.63) is 35.5 Å². The number of aromatic nitrogens is 1. The number of aryl methyl sites for hydroxylation is 1. The van der Waals surface area contributed by atoms with E-state index in [-0.39, 0.29) is 5.92 Å². The number of carboxylic acids is 1. The largest absolute Gasteiger partial charge is 0.481 e. The van der Waals surface area contributed by atoms with E-state index < -0.39 is 5.97 Å². The first-order valence-electron chi connectivity index (χ1n) is 6.66. The van der Waals surface area contributed by atoms with E-state index in [0.29, 0.717) is 6.54 Å². The standard InChI is InChI=1S/C15H18N2O2/c1-10-13(12-4-2-3-5-14(12)16-10)9-17-7-6-11(8-17)15(18)19/h2-5,11,16H,6-9H2,1H3,(H,18,19). The normalized spacial score (nSPS) is 20.2. The molecule has 4 heteroatoms. The summed E-state index contributed by atoms with van der Waals surface area (Å²) in [4.78, 5) is 16.6. The average molecular weight is 258 g/mol. The van der Waals surface area contributed by atoms with Gasteiger partial charge in [0.25, 0.3) is 0 Å². The zero-order valence-electron chi connectivity index (χ0n) is 11.0. The molecule has 0 spiro atoms. The van der Waals surface area contributed by atoms with Gasteiger partial charge in [-0.15, -0.1) is 0 Å². The average Bonchev–Trinajstić information content (AvgIpc) is 2.96. The minimum absolute atomic E-state index is 0.203. The van der Waals surface area contributed by atoms with Crippen molar-refractivity contribution in [1.29, 1.82) is 0 Å². The van der Waals surface area contributed by atoms with Gasteiger partial charge in [-0.3, -0.25) is 9.69 Å². The predicted octanol–water partition coefficient (Wildman–Crippen LogP) is 2.38. The fourth-order valence-corrected chi connectivity index (χ4v) is 2.94. The number of benzene rings is 1. The summed E-state index contributed by atoms with van der Waals surface area (Å²) in [6.45, 7) is 4.45. The highest BCUT2D eigenvalue weighted by Gasteiger charge is 2.28. The molecule has 0 bridgehead atoms. The van der Waals surface area contributed by atoms with E-state index in [9.17, 15) is 4.79 Å². The molecular weight excluding hydrogens is 240 g/mol. The number of aliphatic carboxylic acids is 1. The van der Waals surface area contributed by atoms with Crippen molar-refractivity contribution in [3.8, 4) is 0 Å². The molecule has 2 heterocycles. The monoisotopic (exact) mass is 258 g/mol. The fourth-order valence-electron chi connectivity index (χ4n) is 2.94. The number of nitrogens with one attached hydrogen (secondary N) is 1. The van der Waals surface area contributed by atoms with Crippen LogP contribution in [0.5, 0.6) is 0 Å². The van der Waals surface area contributed by atoms with Crippen molar-refractivity contribution in [1.82, 2.24) is 9.88 Å². The Hall–Kier alpha value is -1.81. The summed E-state index contributed by atoms with van der Waals surface area (Å²) in [5, 5.41) is 10.3. The molecule has 100 valence electrons. The second-order valence-corrected chi connectivity index (χ2v) is 5.33. The molecule has 1 aliphatic rings. The molecule has 0 radical (unpaired) electrons. The van der Waals surface area contributed by atoms with Crippen LogP contribution in [-0.4, -0.2) is 34.0 Å². The van der Waals surface area contributed by atoms with E-state index in [1.807, 2.05) is 12.1 Å². The molecule has 0 saturated carbocycles. The number of H-pyrrole nitrogens is 1. The molecule has 1 aliphatic heterocycles. The summed E-state index contributed by atoms with van der Waals surface area (Å²) in [5.41, 5.74) is 3.63. The van der Waals surface area contributed by atoms with E-state index in [1.165, 1.54) is 16.6 Å². The van der Waals surface area contributed by atoms with Gasteiger partial charge in [-0.1, -0.05) is 18.2 Å². The first-order chi connectivity index (χ1) is 9.15. The number of carboxylic acid groups (broad SMARTS) is 1. The highest BCUT2D eigenvalue weighted by atomic mass is 16.4. The molecule has 0 aliphatic carbocycles. The predicted molar refractivity (Wildman–Crippen MR) is 74.1 cm³/mol. The van der Waals surface area contributed by atoms with Gasteiger partial charge in [0.1, 0.15) is 0 Å². The Bertz CT molecular complexity index is 618. The molecule has 4 nitrogen and oxygen atoms in total. The van der Waals surface area contributed by atoms with E-state index in [0.717, 1.165) is 25.0 Å². The van der Waals surface area contributed by atoms with Crippen LogP contribution in [0.25, 0.3) is 10.9 Å². The molecule has 1 saturated heterocycles. The Kier molecular flexibility index (Phi) is 3.03. The van der Waals surface area contributed by atoms with Crippen molar-refractivity contribution in [2.24, 2.45) is 5.92 Å². The van der Waals surface area contributed by atoms with Crippen molar-refractivity contribution < 1.29 is 9.90 Å². The second-order valence-electron chi connectivity index (χ2n) is 5.33. The first-order valence-corrected chi connectivity index (χ1v) is 6.66. The molecular formula is C15H18N2O2. The minimum atomic E-state index is -0.668. The Labute approximate surface area is 112 Å². The maximum absolute atomic E-state index is 11.0. The number of aromatic amines is 1. The third kappa shape index (κ3) is 2.24. The lowest BCUT2D eigenvalue weighted by Gasteiger charge is -2.15. The summed E-state index contributed by atoms with van der Waals surface area (Å²) in [6.07, 6.45) is 0.761. The lowest BCUT2D eigenvalue weighted by atomic mass is 10.1. The molecule has 19 heavy (non-hydrogen) atoms. The van der Waals surface area contributed by atoms with Crippen molar-refractivity contribution in [2.45, 2.75) is 19.9 Å². The fraction of sp³-hybridized carbons (Fsp3) is 0.400. The number of nitrogens with zero attached hydrogens (tertiary/aromatic N) is 1. The third-order valence-electron chi connectivity index (χ3n) is 4.03. The molecule has 0 amide bonds. The number of rotatable bonds is 3. The van der Waals surface area contributed by atoms with E-state index in [4.69, 9.17) is 5.11 Å². The Balaban J connectivity index is 1.82. The van der Waals surface area contributed by atoms with Gasteiger partial charge in [0, 0.05) is 29.7 Å². The molecule has 2 N–H and O–H groups in total. The molecule has 2 aromatic rings. The van der Waals surface area contributed by atoms with Crippen LogP contribution >= 0.6 is 0 Å². The van der Waals surface area contributed by atoms with Crippen LogP contribution in [0.2, 0.25) is 0 Å². The van der Waals surface area contributed by atoms with Gasteiger partial charge in [-0.2, -0.15) is 0 Å². The Morgan fingerprint density at radius 3 is 3.00 bits per heavy atom. The van der Waals surface area contributed by atoms with Crippen LogP contribution in [0.4, 0.5) is 0 Å². The summed E-state index contributed by atoms with van der Waals surface area (Å²) in [5.74, 6) is -0.872. The van der Waals surface area contributed by atoms with Crippen molar-refractivity contribution >= 4 is 16.9 Å². The van der Waals surface area contributed by atoms with Gasteiger partial charge >= 0.3 is 5.97 Å². The van der Waals surface area contributed by atoms with Crippen LogP contribution in [0.1, 0.15) is 17.7 Å². The number of likely N-dealkylation sites (tertiary alicyclic amines) is 1. The van der Waals surface area contributed by atoms with E-state index in [2.05, 4.69) is 28.9 Å². The van der Waals surface area contributed by atoms with Crippen LogP contribution in [0, 0.1) is 12.8 Å². The SMILES string of the molecule is Cc1[nH]c2ccccc2c1CN1CCC(C(=O)O)C1. The van der Waals surface area contributed by atoms with Crippen LogP contribution < -0.4 is 0 Å².